The maximum Gasteiger partial charge on any atom is 0.337 e. The Bertz CT molecular complexity index is 1020. The van der Waals surface area contributed by atoms with Crippen molar-refractivity contribution in [1.29, 1.82) is 0 Å². The number of carbonyl (C=O) groups is 2. The van der Waals surface area contributed by atoms with Gasteiger partial charge in [0.1, 0.15) is 0 Å². The summed E-state index contributed by atoms with van der Waals surface area (Å²) in [5, 5.41) is 19.6. The van der Waals surface area contributed by atoms with Crippen LogP contribution in [0, 0.1) is 0 Å². The fourth-order valence-corrected chi connectivity index (χ4v) is 5.20. The molecule has 0 bridgehead atoms. The molecule has 0 saturated carbocycles. The van der Waals surface area contributed by atoms with E-state index in [2.05, 4.69) is 13.2 Å². The van der Waals surface area contributed by atoms with Crippen molar-refractivity contribution in [1.82, 2.24) is 0 Å². The molecule has 0 fully saturated rings. The highest BCUT2D eigenvalue weighted by atomic mass is 32.2. The molecule has 5 nitrogen and oxygen atoms in total. The molecule has 0 amide bonds. The van der Waals surface area contributed by atoms with Crippen molar-refractivity contribution in [3.05, 3.63) is 83.0 Å². The second-order valence-electron chi connectivity index (χ2n) is 6.16. The molecule has 27 heavy (non-hydrogen) atoms. The van der Waals surface area contributed by atoms with Crippen LogP contribution in [-0.2, 0) is 30.1 Å². The van der Waals surface area contributed by atoms with E-state index in [1.54, 1.807) is 24.3 Å². The quantitative estimate of drug-likeness (QED) is 0.636. The molecule has 0 saturated heterocycles. The molecule has 2 aromatic carbocycles. The molecule has 138 valence electrons. The van der Waals surface area contributed by atoms with Crippen molar-refractivity contribution in [3.63, 3.8) is 0 Å². The summed E-state index contributed by atoms with van der Waals surface area (Å²) < 4.78 is 13.2. The minimum absolute atomic E-state index is 0.0864. The van der Waals surface area contributed by atoms with Gasteiger partial charge >= 0.3 is 11.9 Å². The fraction of sp³-hybridized carbons (Fsp3) is 0.143. The highest BCUT2D eigenvalue weighted by molar-refractivity contribution is 7.85. The minimum Gasteiger partial charge on any atom is -0.478 e. The van der Waals surface area contributed by atoms with E-state index in [-0.39, 0.29) is 16.9 Å². The summed E-state index contributed by atoms with van der Waals surface area (Å²) >= 11 is 0. The summed E-state index contributed by atoms with van der Waals surface area (Å²) in [5.74, 6) is -2.75. The van der Waals surface area contributed by atoms with E-state index in [1.165, 1.54) is 0 Å². The molecular formula is C21H18O5S. The van der Waals surface area contributed by atoms with Crippen molar-refractivity contribution in [2.24, 2.45) is 0 Å². The van der Waals surface area contributed by atoms with Crippen LogP contribution in [-0.4, -0.2) is 26.4 Å². The molecule has 0 aliphatic carbocycles. The summed E-state index contributed by atoms with van der Waals surface area (Å²) in [5.41, 5.74) is 1.82. The van der Waals surface area contributed by atoms with Gasteiger partial charge in [-0.15, -0.1) is 13.2 Å². The van der Waals surface area contributed by atoms with Crippen molar-refractivity contribution in [2.45, 2.75) is 29.1 Å². The predicted molar refractivity (Wildman–Crippen MR) is 102 cm³/mol. The summed E-state index contributed by atoms with van der Waals surface area (Å²) in [6.45, 7) is 7.41. The van der Waals surface area contributed by atoms with Crippen LogP contribution in [0.3, 0.4) is 0 Å². The van der Waals surface area contributed by atoms with Gasteiger partial charge in [0.25, 0.3) is 0 Å². The van der Waals surface area contributed by atoms with Gasteiger partial charge in [0, 0.05) is 11.3 Å². The van der Waals surface area contributed by atoms with E-state index in [0.717, 1.165) is 5.56 Å². The van der Waals surface area contributed by atoms with E-state index in [1.807, 2.05) is 12.1 Å². The first-order chi connectivity index (χ1) is 12.9. The Hall–Kier alpha value is -2.99. The zero-order valence-corrected chi connectivity index (χ0v) is 15.3. The Morgan fingerprint density at radius 3 is 2.19 bits per heavy atom. The first-order valence-corrected chi connectivity index (χ1v) is 9.45. The minimum atomic E-state index is -1.78. The van der Waals surface area contributed by atoms with Gasteiger partial charge in [-0.1, -0.05) is 30.4 Å². The first-order valence-electron chi connectivity index (χ1n) is 8.30. The van der Waals surface area contributed by atoms with Crippen LogP contribution >= 0.6 is 0 Å². The summed E-state index contributed by atoms with van der Waals surface area (Å²) in [6.07, 6.45) is 4.13. The molecule has 1 aliphatic rings. The van der Waals surface area contributed by atoms with Crippen LogP contribution in [0.5, 0.6) is 0 Å². The Balaban J connectivity index is 2.50. The largest absolute Gasteiger partial charge is 0.478 e. The number of allylic oxidation sites excluding steroid dienone is 2. The number of aromatic carboxylic acids is 2. The van der Waals surface area contributed by atoms with Gasteiger partial charge in [-0.3, -0.25) is 0 Å². The summed E-state index contributed by atoms with van der Waals surface area (Å²) in [4.78, 5) is 24.6. The molecular weight excluding hydrogens is 364 g/mol. The lowest BCUT2D eigenvalue weighted by molar-refractivity contribution is 0.0647. The molecule has 0 aromatic heterocycles. The van der Waals surface area contributed by atoms with Gasteiger partial charge in [0.15, 0.2) is 0 Å². The summed E-state index contributed by atoms with van der Waals surface area (Å²) in [6, 6.07) is 7.11. The van der Waals surface area contributed by atoms with Crippen molar-refractivity contribution in [2.75, 3.05) is 0 Å². The number of fused-ring (bicyclic) bond motifs is 2. The van der Waals surface area contributed by atoms with E-state index in [4.69, 9.17) is 0 Å². The topological polar surface area (TPSA) is 91.7 Å². The van der Waals surface area contributed by atoms with Gasteiger partial charge in [0.05, 0.1) is 26.8 Å². The third-order valence-corrected chi connectivity index (χ3v) is 6.25. The second kappa shape index (κ2) is 7.32. The highest BCUT2D eigenvalue weighted by Crippen LogP contribution is 2.40. The molecule has 0 spiro atoms. The van der Waals surface area contributed by atoms with Crippen LogP contribution < -0.4 is 0 Å². The first kappa shape index (κ1) is 18.8. The molecule has 3 rings (SSSR count). The molecule has 1 heterocycles. The van der Waals surface area contributed by atoms with Gasteiger partial charge in [-0.05, 0) is 41.2 Å². The lowest BCUT2D eigenvalue weighted by atomic mass is 9.85. The maximum absolute atomic E-state index is 13.2. The number of carboxylic acids is 2. The van der Waals surface area contributed by atoms with E-state index in [9.17, 15) is 24.0 Å². The lowest BCUT2D eigenvalue weighted by Crippen LogP contribution is -2.23. The van der Waals surface area contributed by atoms with Crippen LogP contribution in [0.1, 0.15) is 43.0 Å². The number of benzene rings is 2. The molecule has 2 aromatic rings. The van der Waals surface area contributed by atoms with Gasteiger partial charge < -0.3 is 10.2 Å². The number of rotatable bonds is 6. The Labute approximate surface area is 159 Å². The number of carboxylic acid groups (broad SMARTS) is 2. The van der Waals surface area contributed by atoms with Gasteiger partial charge in [-0.25, -0.2) is 13.8 Å². The van der Waals surface area contributed by atoms with Crippen LogP contribution in [0.4, 0.5) is 0 Å². The van der Waals surface area contributed by atoms with E-state index >= 15 is 0 Å². The average molecular weight is 382 g/mol. The standard InChI is InChI=1S/C21H18O5S/c1-3-7-13-14(8-4-2)17(20(22)23)18(21(24)25)19-15(13)11-12-9-5-6-10-16(12)27(19)26/h3-6,9-10H,1-2,7-8,11H2,(H,22,23)(H,24,25). The smallest absolute Gasteiger partial charge is 0.337 e. The zero-order chi connectivity index (χ0) is 19.7. The molecule has 1 unspecified atom stereocenters. The van der Waals surface area contributed by atoms with Gasteiger partial charge in [0.2, 0.25) is 0 Å². The Morgan fingerprint density at radius 1 is 1.00 bits per heavy atom. The summed E-state index contributed by atoms with van der Waals surface area (Å²) in [7, 11) is -1.78. The van der Waals surface area contributed by atoms with Crippen molar-refractivity contribution < 1.29 is 24.0 Å². The number of hydrogen-bond donors (Lipinski definition) is 2. The number of hydrogen-bond acceptors (Lipinski definition) is 3. The van der Waals surface area contributed by atoms with Gasteiger partial charge in [-0.2, -0.15) is 0 Å². The van der Waals surface area contributed by atoms with Crippen molar-refractivity contribution in [3.8, 4) is 0 Å². The zero-order valence-electron chi connectivity index (χ0n) is 14.5. The van der Waals surface area contributed by atoms with Crippen LogP contribution in [0.15, 0.2) is 59.4 Å². The van der Waals surface area contributed by atoms with Crippen LogP contribution in [0.2, 0.25) is 0 Å². The predicted octanol–water partition coefficient (Wildman–Crippen LogP) is 3.61. The van der Waals surface area contributed by atoms with Crippen LogP contribution in [0.25, 0.3) is 0 Å². The third-order valence-electron chi connectivity index (χ3n) is 4.63. The normalized spacial score (nSPS) is 14.7. The van der Waals surface area contributed by atoms with Crippen molar-refractivity contribution >= 4 is 22.7 Å². The molecule has 1 atom stereocenters. The fourth-order valence-electron chi connectivity index (χ4n) is 3.61. The van der Waals surface area contributed by atoms with E-state index in [0.29, 0.717) is 34.4 Å². The molecule has 2 N–H and O–H groups in total. The monoisotopic (exact) mass is 382 g/mol. The molecule has 6 heteroatoms. The SMILES string of the molecule is C=CCc1c(CC=C)c(C(=O)O)c(C(=O)O)c2c1Cc1ccccc1S2=O. The lowest BCUT2D eigenvalue weighted by Gasteiger charge is -2.27. The molecule has 0 radical (unpaired) electrons. The third kappa shape index (κ3) is 3.02. The maximum atomic E-state index is 13.2. The Morgan fingerprint density at radius 2 is 1.59 bits per heavy atom. The Kier molecular flexibility index (Phi) is 5.10. The highest BCUT2D eigenvalue weighted by Gasteiger charge is 2.35. The van der Waals surface area contributed by atoms with E-state index < -0.39 is 28.3 Å². The second-order valence-corrected chi connectivity index (χ2v) is 7.55. The average Bonchev–Trinajstić information content (AvgIpc) is 2.63. The molecule has 1 aliphatic heterocycles.